The van der Waals surface area contributed by atoms with Crippen LogP contribution in [0.3, 0.4) is 0 Å². The zero-order valence-electron chi connectivity index (χ0n) is 4.53. The molecule has 0 amide bonds. The Labute approximate surface area is 50.3 Å². The second-order valence-electron chi connectivity index (χ2n) is 1.23. The van der Waals surface area contributed by atoms with Crippen molar-refractivity contribution in [2.75, 3.05) is 6.61 Å². The standard InChI is InChI=1S/C4H6F3NO/c1-2-8-9-3-4(5,6)7/h2,8H,1,3H2. The zero-order valence-corrected chi connectivity index (χ0v) is 4.53. The summed E-state index contributed by atoms with van der Waals surface area (Å²) >= 11 is 0. The summed E-state index contributed by atoms with van der Waals surface area (Å²) in [5.74, 6) is 0. The van der Waals surface area contributed by atoms with Gasteiger partial charge in [-0.15, -0.1) is 0 Å². The summed E-state index contributed by atoms with van der Waals surface area (Å²) in [4.78, 5) is 3.85. The summed E-state index contributed by atoms with van der Waals surface area (Å²) in [6.07, 6.45) is -3.26. The van der Waals surface area contributed by atoms with Gasteiger partial charge in [0.05, 0.1) is 0 Å². The van der Waals surface area contributed by atoms with E-state index in [1.165, 1.54) is 0 Å². The SMILES string of the molecule is C=CNOCC(F)(F)F. The minimum Gasteiger partial charge on any atom is -0.275 e. The summed E-state index contributed by atoms with van der Waals surface area (Å²) < 4.78 is 33.5. The Morgan fingerprint density at radius 1 is 1.56 bits per heavy atom. The minimum absolute atomic E-state index is 1.02. The Hall–Kier alpha value is -0.710. The molecule has 0 heterocycles. The lowest BCUT2D eigenvalue weighted by atomic mass is 10.7. The largest absolute Gasteiger partial charge is 0.414 e. The van der Waals surface area contributed by atoms with Crippen LogP contribution in [0.5, 0.6) is 0 Å². The highest BCUT2D eigenvalue weighted by molar-refractivity contribution is 4.54. The van der Waals surface area contributed by atoms with Crippen LogP contribution in [-0.2, 0) is 4.84 Å². The van der Waals surface area contributed by atoms with Crippen molar-refractivity contribution < 1.29 is 18.0 Å². The van der Waals surface area contributed by atoms with Crippen LogP contribution < -0.4 is 5.48 Å². The molecule has 5 heteroatoms. The molecule has 0 fully saturated rings. The first kappa shape index (κ1) is 8.29. The average Bonchev–Trinajstić information content (AvgIpc) is 1.63. The van der Waals surface area contributed by atoms with Gasteiger partial charge in [-0.25, -0.2) is 0 Å². The van der Waals surface area contributed by atoms with E-state index in [4.69, 9.17) is 0 Å². The van der Waals surface area contributed by atoms with E-state index in [2.05, 4.69) is 11.4 Å². The quantitative estimate of drug-likeness (QED) is 0.471. The van der Waals surface area contributed by atoms with Crippen LogP contribution in [0.2, 0.25) is 0 Å². The van der Waals surface area contributed by atoms with Crippen molar-refractivity contribution in [3.05, 3.63) is 12.8 Å². The fraction of sp³-hybridized carbons (Fsp3) is 0.500. The van der Waals surface area contributed by atoms with Crippen molar-refractivity contribution >= 4 is 0 Å². The van der Waals surface area contributed by atoms with Crippen LogP contribution in [0.15, 0.2) is 12.8 Å². The van der Waals surface area contributed by atoms with Gasteiger partial charge in [0.1, 0.15) is 0 Å². The predicted octanol–water partition coefficient (Wildman–Crippen LogP) is 1.21. The molecule has 0 aliphatic carbocycles. The molecule has 0 bridgehead atoms. The maximum Gasteiger partial charge on any atom is 0.414 e. The van der Waals surface area contributed by atoms with Gasteiger partial charge in [-0.3, -0.25) is 10.3 Å². The first-order valence-corrected chi connectivity index (χ1v) is 2.11. The third-order valence-corrected chi connectivity index (χ3v) is 0.402. The van der Waals surface area contributed by atoms with Crippen molar-refractivity contribution in [1.29, 1.82) is 0 Å². The topological polar surface area (TPSA) is 21.3 Å². The molecule has 9 heavy (non-hydrogen) atoms. The Morgan fingerprint density at radius 2 is 2.11 bits per heavy atom. The van der Waals surface area contributed by atoms with Crippen LogP contribution in [0.1, 0.15) is 0 Å². The summed E-state index contributed by atoms with van der Waals surface area (Å²) in [5, 5.41) is 0. The molecule has 0 rings (SSSR count). The monoisotopic (exact) mass is 141 g/mol. The molecule has 54 valence electrons. The lowest BCUT2D eigenvalue weighted by molar-refractivity contribution is -0.184. The second-order valence-corrected chi connectivity index (χ2v) is 1.23. The molecule has 0 aliphatic heterocycles. The van der Waals surface area contributed by atoms with Gasteiger partial charge in [0.15, 0.2) is 6.61 Å². The Kier molecular flexibility index (Phi) is 3.08. The van der Waals surface area contributed by atoms with E-state index in [1.54, 1.807) is 0 Å². The lowest BCUT2D eigenvalue weighted by Gasteiger charge is -2.04. The van der Waals surface area contributed by atoms with Crippen molar-refractivity contribution in [2.24, 2.45) is 0 Å². The summed E-state index contributed by atoms with van der Waals surface area (Å²) in [7, 11) is 0. The molecule has 0 saturated heterocycles. The van der Waals surface area contributed by atoms with Gasteiger partial charge in [-0.05, 0) is 0 Å². The first-order valence-electron chi connectivity index (χ1n) is 2.11. The molecule has 0 aromatic heterocycles. The van der Waals surface area contributed by atoms with E-state index in [0.29, 0.717) is 0 Å². The third-order valence-electron chi connectivity index (χ3n) is 0.402. The van der Waals surface area contributed by atoms with E-state index in [0.717, 1.165) is 6.20 Å². The molecular weight excluding hydrogens is 135 g/mol. The van der Waals surface area contributed by atoms with E-state index in [-0.39, 0.29) is 0 Å². The molecular formula is C4H6F3NO. The molecule has 0 aromatic rings. The van der Waals surface area contributed by atoms with Crippen LogP contribution in [0.4, 0.5) is 13.2 Å². The maximum absolute atomic E-state index is 11.2. The maximum atomic E-state index is 11.2. The Balaban J connectivity index is 3.17. The predicted molar refractivity (Wildman–Crippen MR) is 25.3 cm³/mol. The number of hydroxylamine groups is 1. The van der Waals surface area contributed by atoms with E-state index in [1.807, 2.05) is 5.48 Å². The molecule has 2 nitrogen and oxygen atoms in total. The van der Waals surface area contributed by atoms with E-state index >= 15 is 0 Å². The highest BCUT2D eigenvalue weighted by Gasteiger charge is 2.27. The van der Waals surface area contributed by atoms with Crippen molar-refractivity contribution in [3.63, 3.8) is 0 Å². The van der Waals surface area contributed by atoms with E-state index in [9.17, 15) is 13.2 Å². The molecule has 0 aromatic carbocycles. The fourth-order valence-corrected chi connectivity index (χ4v) is 0.182. The van der Waals surface area contributed by atoms with Crippen molar-refractivity contribution in [1.82, 2.24) is 5.48 Å². The van der Waals surface area contributed by atoms with Gasteiger partial charge in [0, 0.05) is 6.20 Å². The van der Waals surface area contributed by atoms with Crippen LogP contribution >= 0.6 is 0 Å². The van der Waals surface area contributed by atoms with Gasteiger partial charge in [0.2, 0.25) is 0 Å². The molecule has 0 saturated carbocycles. The molecule has 0 spiro atoms. The van der Waals surface area contributed by atoms with E-state index < -0.39 is 12.8 Å². The third kappa shape index (κ3) is 7.29. The summed E-state index contributed by atoms with van der Waals surface area (Å²) in [5.41, 5.74) is 1.85. The van der Waals surface area contributed by atoms with Gasteiger partial charge in [-0.1, -0.05) is 6.58 Å². The van der Waals surface area contributed by atoms with Crippen LogP contribution in [-0.4, -0.2) is 12.8 Å². The fourth-order valence-electron chi connectivity index (χ4n) is 0.182. The van der Waals surface area contributed by atoms with Crippen LogP contribution in [0, 0.1) is 0 Å². The van der Waals surface area contributed by atoms with Crippen molar-refractivity contribution in [2.45, 2.75) is 6.18 Å². The Bertz CT molecular complexity index is 90.3. The van der Waals surface area contributed by atoms with Gasteiger partial charge in [-0.2, -0.15) is 13.2 Å². The normalized spacial score (nSPS) is 11.0. The van der Waals surface area contributed by atoms with Gasteiger partial charge < -0.3 is 0 Å². The molecule has 0 radical (unpaired) electrons. The minimum atomic E-state index is -4.28. The van der Waals surface area contributed by atoms with Gasteiger partial charge >= 0.3 is 6.18 Å². The highest BCUT2D eigenvalue weighted by Crippen LogP contribution is 2.13. The number of hydrogen-bond acceptors (Lipinski definition) is 2. The van der Waals surface area contributed by atoms with Crippen LogP contribution in [0.25, 0.3) is 0 Å². The molecule has 0 unspecified atom stereocenters. The number of alkyl halides is 3. The van der Waals surface area contributed by atoms with Crippen molar-refractivity contribution in [3.8, 4) is 0 Å². The lowest BCUT2D eigenvalue weighted by Crippen LogP contribution is -2.21. The number of hydrogen-bond donors (Lipinski definition) is 1. The number of nitrogens with one attached hydrogen (secondary N) is 1. The zero-order chi connectivity index (χ0) is 7.33. The molecule has 1 N–H and O–H groups in total. The molecule has 0 atom stereocenters. The second kappa shape index (κ2) is 3.34. The smallest absolute Gasteiger partial charge is 0.275 e. The first-order chi connectivity index (χ1) is 4.06. The summed E-state index contributed by atoms with van der Waals surface area (Å²) in [6.45, 7) is 1.77. The molecule has 0 aliphatic rings. The number of halogens is 3. The highest BCUT2D eigenvalue weighted by atomic mass is 19.4. The summed E-state index contributed by atoms with van der Waals surface area (Å²) in [6, 6.07) is 0. The number of rotatable bonds is 3. The Morgan fingerprint density at radius 3 is 2.44 bits per heavy atom. The average molecular weight is 141 g/mol. The van der Waals surface area contributed by atoms with Gasteiger partial charge in [0.25, 0.3) is 0 Å².